The highest BCUT2D eigenvalue weighted by molar-refractivity contribution is 5.93. The standard InChI is InChI=1S/C19H18N2O7/c1-11-3-5-14(8-15(11)21(24)25)19(23)28-12(2)18(22)20-9-13-4-6-16-17(7-13)27-10-26-16/h3-8,12H,9-10H2,1-2H3,(H,20,22)/t12-/m1/s1. The van der Waals surface area contributed by atoms with Gasteiger partial charge in [-0.3, -0.25) is 14.9 Å². The highest BCUT2D eigenvalue weighted by Crippen LogP contribution is 2.32. The van der Waals surface area contributed by atoms with E-state index in [0.717, 1.165) is 11.6 Å². The van der Waals surface area contributed by atoms with Gasteiger partial charge in [-0.15, -0.1) is 0 Å². The number of ether oxygens (including phenoxy) is 3. The minimum Gasteiger partial charge on any atom is -0.454 e. The minimum atomic E-state index is -1.07. The van der Waals surface area contributed by atoms with Crippen LogP contribution in [0, 0.1) is 17.0 Å². The van der Waals surface area contributed by atoms with E-state index in [1.54, 1.807) is 25.1 Å². The van der Waals surface area contributed by atoms with Crippen LogP contribution in [0.3, 0.4) is 0 Å². The average Bonchev–Trinajstić information content (AvgIpc) is 3.13. The number of nitro groups is 1. The number of rotatable bonds is 6. The number of nitro benzene ring substituents is 1. The number of nitrogens with one attached hydrogen (secondary N) is 1. The Balaban J connectivity index is 1.57. The molecule has 1 aliphatic rings. The second-order valence-electron chi connectivity index (χ2n) is 6.21. The molecular formula is C19H18N2O7. The predicted molar refractivity (Wildman–Crippen MR) is 97.1 cm³/mol. The van der Waals surface area contributed by atoms with E-state index in [4.69, 9.17) is 14.2 Å². The van der Waals surface area contributed by atoms with Crippen molar-refractivity contribution < 1.29 is 28.7 Å². The summed E-state index contributed by atoms with van der Waals surface area (Å²) in [5, 5.41) is 13.7. The Kier molecular flexibility index (Phi) is 5.44. The first-order chi connectivity index (χ1) is 13.3. The fourth-order valence-electron chi connectivity index (χ4n) is 2.60. The molecule has 0 bridgehead atoms. The Morgan fingerprint density at radius 3 is 2.71 bits per heavy atom. The molecule has 0 spiro atoms. The maximum Gasteiger partial charge on any atom is 0.339 e. The summed E-state index contributed by atoms with van der Waals surface area (Å²) in [7, 11) is 0. The van der Waals surface area contributed by atoms with Gasteiger partial charge in [-0.25, -0.2) is 4.79 Å². The molecule has 9 heteroatoms. The second kappa shape index (κ2) is 7.95. The van der Waals surface area contributed by atoms with Crippen LogP contribution in [0.2, 0.25) is 0 Å². The molecule has 0 fully saturated rings. The molecule has 1 amide bonds. The highest BCUT2D eigenvalue weighted by Gasteiger charge is 2.21. The molecule has 0 saturated carbocycles. The van der Waals surface area contributed by atoms with E-state index >= 15 is 0 Å². The number of hydrogen-bond acceptors (Lipinski definition) is 7. The summed E-state index contributed by atoms with van der Waals surface area (Å²) < 4.78 is 15.6. The van der Waals surface area contributed by atoms with Crippen molar-refractivity contribution in [2.45, 2.75) is 26.5 Å². The van der Waals surface area contributed by atoms with Crippen molar-refractivity contribution in [3.8, 4) is 11.5 Å². The Hall–Kier alpha value is -3.62. The van der Waals surface area contributed by atoms with Crippen LogP contribution in [0.5, 0.6) is 11.5 Å². The number of fused-ring (bicyclic) bond motifs is 1. The van der Waals surface area contributed by atoms with E-state index in [-0.39, 0.29) is 24.6 Å². The molecule has 28 heavy (non-hydrogen) atoms. The summed E-state index contributed by atoms with van der Waals surface area (Å²) >= 11 is 0. The Labute approximate surface area is 160 Å². The lowest BCUT2D eigenvalue weighted by Crippen LogP contribution is -2.35. The minimum absolute atomic E-state index is 0.00715. The van der Waals surface area contributed by atoms with Gasteiger partial charge in [-0.2, -0.15) is 0 Å². The first-order valence-corrected chi connectivity index (χ1v) is 8.47. The Morgan fingerprint density at radius 2 is 1.96 bits per heavy atom. The molecule has 1 N–H and O–H groups in total. The van der Waals surface area contributed by atoms with Crippen molar-refractivity contribution in [3.63, 3.8) is 0 Å². The molecule has 1 aliphatic heterocycles. The van der Waals surface area contributed by atoms with Crippen molar-refractivity contribution >= 4 is 17.6 Å². The van der Waals surface area contributed by atoms with Crippen molar-refractivity contribution in [2.24, 2.45) is 0 Å². The Morgan fingerprint density at radius 1 is 1.21 bits per heavy atom. The highest BCUT2D eigenvalue weighted by atomic mass is 16.7. The molecule has 2 aromatic carbocycles. The molecule has 0 aromatic heterocycles. The van der Waals surface area contributed by atoms with E-state index in [1.165, 1.54) is 19.1 Å². The van der Waals surface area contributed by atoms with Gasteiger partial charge in [0.2, 0.25) is 6.79 Å². The number of carbonyl (C=O) groups excluding carboxylic acids is 2. The van der Waals surface area contributed by atoms with Gasteiger partial charge in [0, 0.05) is 18.2 Å². The van der Waals surface area contributed by atoms with Crippen LogP contribution in [-0.4, -0.2) is 29.7 Å². The molecule has 2 aromatic rings. The zero-order chi connectivity index (χ0) is 20.3. The van der Waals surface area contributed by atoms with E-state index in [0.29, 0.717) is 17.1 Å². The zero-order valence-corrected chi connectivity index (χ0v) is 15.3. The van der Waals surface area contributed by atoms with Crippen molar-refractivity contribution in [2.75, 3.05) is 6.79 Å². The molecule has 3 rings (SSSR count). The lowest BCUT2D eigenvalue weighted by atomic mass is 10.1. The van der Waals surface area contributed by atoms with E-state index in [1.807, 2.05) is 0 Å². The van der Waals surface area contributed by atoms with Gasteiger partial charge in [0.15, 0.2) is 17.6 Å². The SMILES string of the molecule is Cc1ccc(C(=O)O[C@H](C)C(=O)NCc2ccc3c(c2)OCO3)cc1[N+](=O)[O-]. The number of carbonyl (C=O) groups is 2. The number of amides is 1. The molecule has 0 unspecified atom stereocenters. The van der Waals surface area contributed by atoms with Crippen molar-refractivity contribution in [1.82, 2.24) is 5.32 Å². The first-order valence-electron chi connectivity index (χ1n) is 8.47. The second-order valence-corrected chi connectivity index (χ2v) is 6.21. The molecule has 1 heterocycles. The van der Waals surface area contributed by atoms with Crippen LogP contribution >= 0.6 is 0 Å². The molecular weight excluding hydrogens is 368 g/mol. The van der Waals surface area contributed by atoms with Crippen LogP contribution in [0.1, 0.15) is 28.4 Å². The topological polar surface area (TPSA) is 117 Å². The van der Waals surface area contributed by atoms with Gasteiger partial charge in [0.1, 0.15) is 0 Å². The number of nitrogens with zero attached hydrogens (tertiary/aromatic N) is 1. The number of benzene rings is 2. The summed E-state index contributed by atoms with van der Waals surface area (Å²) in [4.78, 5) is 34.8. The maximum absolute atomic E-state index is 12.2. The third-order valence-electron chi connectivity index (χ3n) is 4.20. The molecule has 9 nitrogen and oxygen atoms in total. The smallest absolute Gasteiger partial charge is 0.339 e. The van der Waals surface area contributed by atoms with Gasteiger partial charge < -0.3 is 19.5 Å². The molecule has 0 aliphatic carbocycles. The summed E-state index contributed by atoms with van der Waals surface area (Å²) in [5.41, 5.74) is 1.04. The quantitative estimate of drug-likeness (QED) is 0.460. The van der Waals surface area contributed by atoms with Crippen LogP contribution < -0.4 is 14.8 Å². The monoisotopic (exact) mass is 386 g/mol. The molecule has 146 valence electrons. The number of hydrogen-bond donors (Lipinski definition) is 1. The van der Waals surface area contributed by atoms with Gasteiger partial charge in [0.25, 0.3) is 11.6 Å². The van der Waals surface area contributed by atoms with Crippen LogP contribution in [0.4, 0.5) is 5.69 Å². The number of aryl methyl sites for hydroxylation is 1. The maximum atomic E-state index is 12.2. The lowest BCUT2D eigenvalue weighted by Gasteiger charge is -2.14. The lowest BCUT2D eigenvalue weighted by molar-refractivity contribution is -0.385. The third-order valence-corrected chi connectivity index (χ3v) is 4.20. The van der Waals surface area contributed by atoms with E-state index < -0.39 is 22.9 Å². The summed E-state index contributed by atoms with van der Waals surface area (Å²) in [5.74, 6) is -0.0572. The fourth-order valence-corrected chi connectivity index (χ4v) is 2.60. The van der Waals surface area contributed by atoms with Gasteiger partial charge in [-0.05, 0) is 37.6 Å². The predicted octanol–water partition coefficient (Wildman–Crippen LogP) is 2.49. The Bertz CT molecular complexity index is 942. The summed E-state index contributed by atoms with van der Waals surface area (Å²) in [6.07, 6.45) is -1.07. The third kappa shape index (κ3) is 4.20. The van der Waals surface area contributed by atoms with Crippen molar-refractivity contribution in [1.29, 1.82) is 0 Å². The van der Waals surface area contributed by atoms with E-state index in [2.05, 4.69) is 5.32 Å². The number of esters is 1. The van der Waals surface area contributed by atoms with Gasteiger partial charge >= 0.3 is 5.97 Å². The van der Waals surface area contributed by atoms with Gasteiger partial charge in [0.05, 0.1) is 10.5 Å². The van der Waals surface area contributed by atoms with Crippen LogP contribution in [0.25, 0.3) is 0 Å². The molecule has 1 atom stereocenters. The van der Waals surface area contributed by atoms with Crippen molar-refractivity contribution in [3.05, 3.63) is 63.2 Å². The van der Waals surface area contributed by atoms with Crippen LogP contribution in [-0.2, 0) is 16.1 Å². The molecule has 0 radical (unpaired) electrons. The first kappa shape index (κ1) is 19.2. The summed E-state index contributed by atoms with van der Waals surface area (Å²) in [6.45, 7) is 3.37. The van der Waals surface area contributed by atoms with E-state index in [9.17, 15) is 19.7 Å². The largest absolute Gasteiger partial charge is 0.454 e. The molecule has 0 saturated heterocycles. The summed E-state index contributed by atoms with van der Waals surface area (Å²) in [6, 6.07) is 9.30. The zero-order valence-electron chi connectivity index (χ0n) is 15.3. The average molecular weight is 386 g/mol. The normalized spacial score (nSPS) is 12.9. The van der Waals surface area contributed by atoms with Crippen LogP contribution in [0.15, 0.2) is 36.4 Å². The van der Waals surface area contributed by atoms with Gasteiger partial charge in [-0.1, -0.05) is 12.1 Å². The fraction of sp³-hybridized carbons (Fsp3) is 0.263.